The lowest BCUT2D eigenvalue weighted by Crippen LogP contribution is -2.44. The van der Waals surface area contributed by atoms with Crippen molar-refractivity contribution in [3.63, 3.8) is 0 Å². The van der Waals surface area contributed by atoms with Crippen LogP contribution in [0.1, 0.15) is 26.7 Å². The largest absolute Gasteiger partial charge is 0.370 e. The maximum atomic E-state index is 4.17. The van der Waals surface area contributed by atoms with Gasteiger partial charge >= 0.3 is 0 Å². The van der Waals surface area contributed by atoms with Crippen molar-refractivity contribution >= 4 is 5.69 Å². The zero-order chi connectivity index (χ0) is 11.4. The Hall–Kier alpha value is -1.09. The Bertz CT molecular complexity index is 302. The van der Waals surface area contributed by atoms with Gasteiger partial charge in [-0.05, 0) is 25.0 Å². The van der Waals surface area contributed by atoms with Gasteiger partial charge in [-0.1, -0.05) is 13.8 Å². The molecular weight excluding hydrogens is 198 g/mol. The van der Waals surface area contributed by atoms with Crippen LogP contribution in [0.4, 0.5) is 5.69 Å². The molecule has 0 aliphatic carbocycles. The second kappa shape index (κ2) is 5.30. The van der Waals surface area contributed by atoms with Gasteiger partial charge in [0.25, 0.3) is 0 Å². The molecule has 16 heavy (non-hydrogen) atoms. The molecule has 0 amide bonds. The first-order valence-electron chi connectivity index (χ1n) is 6.17. The van der Waals surface area contributed by atoms with E-state index in [-0.39, 0.29) is 0 Å². The van der Waals surface area contributed by atoms with Crippen molar-refractivity contribution in [2.45, 2.75) is 38.8 Å². The summed E-state index contributed by atoms with van der Waals surface area (Å²) in [7, 11) is 0. The summed E-state index contributed by atoms with van der Waals surface area (Å²) >= 11 is 0. The quantitative estimate of drug-likeness (QED) is 0.843. The third-order valence-corrected chi connectivity index (χ3v) is 3.08. The van der Waals surface area contributed by atoms with Crippen molar-refractivity contribution in [3.05, 3.63) is 24.5 Å². The molecule has 0 bridgehead atoms. The molecule has 1 N–H and O–H groups in total. The molecule has 0 atom stereocenters. The normalized spacial score (nSPS) is 18.1. The molecule has 1 aliphatic heterocycles. The first-order chi connectivity index (χ1) is 7.75. The Morgan fingerprint density at radius 1 is 1.38 bits per heavy atom. The number of hydrogen-bond acceptors (Lipinski definition) is 3. The van der Waals surface area contributed by atoms with Gasteiger partial charge in [0.05, 0.1) is 11.9 Å². The third-order valence-electron chi connectivity index (χ3n) is 3.08. The highest BCUT2D eigenvalue weighted by Crippen LogP contribution is 2.18. The van der Waals surface area contributed by atoms with Crippen LogP contribution in [0.15, 0.2) is 24.5 Å². The van der Waals surface area contributed by atoms with E-state index in [1.54, 1.807) is 0 Å². The van der Waals surface area contributed by atoms with Crippen molar-refractivity contribution in [1.29, 1.82) is 0 Å². The van der Waals surface area contributed by atoms with Crippen LogP contribution in [-0.4, -0.2) is 30.2 Å². The fourth-order valence-corrected chi connectivity index (χ4v) is 2.32. The maximum Gasteiger partial charge on any atom is 0.0552 e. The smallest absolute Gasteiger partial charge is 0.0552 e. The summed E-state index contributed by atoms with van der Waals surface area (Å²) in [5.41, 5.74) is 1.26. The van der Waals surface area contributed by atoms with Gasteiger partial charge < -0.3 is 10.2 Å². The van der Waals surface area contributed by atoms with Gasteiger partial charge in [0.15, 0.2) is 0 Å². The van der Waals surface area contributed by atoms with Crippen LogP contribution in [0, 0.1) is 0 Å². The summed E-state index contributed by atoms with van der Waals surface area (Å²) in [5, 5.41) is 3.61. The lowest BCUT2D eigenvalue weighted by Gasteiger charge is -2.34. The highest BCUT2D eigenvalue weighted by atomic mass is 15.2. The van der Waals surface area contributed by atoms with E-state index in [9.17, 15) is 0 Å². The summed E-state index contributed by atoms with van der Waals surface area (Å²) < 4.78 is 0. The number of pyridine rings is 1. The van der Waals surface area contributed by atoms with E-state index in [1.165, 1.54) is 18.5 Å². The van der Waals surface area contributed by atoms with Crippen LogP contribution in [0.25, 0.3) is 0 Å². The van der Waals surface area contributed by atoms with E-state index in [1.807, 2.05) is 18.5 Å². The highest BCUT2D eigenvalue weighted by molar-refractivity contribution is 5.43. The predicted octanol–water partition coefficient (Wildman–Crippen LogP) is 2.05. The van der Waals surface area contributed by atoms with Gasteiger partial charge in [-0.2, -0.15) is 0 Å². The molecule has 0 saturated carbocycles. The number of anilines is 1. The summed E-state index contributed by atoms with van der Waals surface area (Å²) in [4.78, 5) is 6.59. The van der Waals surface area contributed by atoms with Crippen LogP contribution in [0.5, 0.6) is 0 Å². The lowest BCUT2D eigenvalue weighted by molar-refractivity contribution is 0.387. The van der Waals surface area contributed by atoms with E-state index in [0.717, 1.165) is 13.1 Å². The van der Waals surface area contributed by atoms with Crippen molar-refractivity contribution in [1.82, 2.24) is 10.3 Å². The van der Waals surface area contributed by atoms with E-state index in [2.05, 4.69) is 35.1 Å². The highest BCUT2D eigenvalue weighted by Gasteiger charge is 2.19. The average Bonchev–Trinajstić information content (AvgIpc) is 2.30. The van der Waals surface area contributed by atoms with Crippen LogP contribution in [-0.2, 0) is 0 Å². The van der Waals surface area contributed by atoms with Crippen molar-refractivity contribution < 1.29 is 0 Å². The second-order valence-corrected chi connectivity index (χ2v) is 4.79. The van der Waals surface area contributed by atoms with Gasteiger partial charge in [0.2, 0.25) is 0 Å². The van der Waals surface area contributed by atoms with Crippen molar-refractivity contribution in [3.8, 4) is 0 Å². The predicted molar refractivity (Wildman–Crippen MR) is 67.7 cm³/mol. The standard InChI is InChI=1S/C13H21N3/c1-11(2)15-12-5-8-16(9-6-12)13-4-3-7-14-10-13/h3-4,7,10-12,15H,5-6,8-9H2,1-2H3. The average molecular weight is 219 g/mol. The molecule has 2 heterocycles. The molecule has 0 spiro atoms. The monoisotopic (exact) mass is 219 g/mol. The lowest BCUT2D eigenvalue weighted by atomic mass is 10.0. The minimum Gasteiger partial charge on any atom is -0.370 e. The van der Waals surface area contributed by atoms with Gasteiger partial charge in [0.1, 0.15) is 0 Å². The fourth-order valence-electron chi connectivity index (χ4n) is 2.32. The van der Waals surface area contributed by atoms with E-state index in [0.29, 0.717) is 12.1 Å². The SMILES string of the molecule is CC(C)NC1CCN(c2cccnc2)CC1. The Labute approximate surface area is 97.9 Å². The second-order valence-electron chi connectivity index (χ2n) is 4.79. The molecule has 1 aliphatic rings. The Balaban J connectivity index is 1.86. The number of piperidine rings is 1. The fraction of sp³-hybridized carbons (Fsp3) is 0.615. The first-order valence-corrected chi connectivity index (χ1v) is 6.17. The van der Waals surface area contributed by atoms with Crippen molar-refractivity contribution in [2.75, 3.05) is 18.0 Å². The molecule has 1 saturated heterocycles. The van der Waals surface area contributed by atoms with Crippen LogP contribution in [0.3, 0.4) is 0 Å². The third kappa shape index (κ3) is 2.95. The van der Waals surface area contributed by atoms with Gasteiger partial charge in [0, 0.05) is 31.4 Å². The van der Waals surface area contributed by atoms with Crippen molar-refractivity contribution in [2.24, 2.45) is 0 Å². The number of aromatic nitrogens is 1. The Kier molecular flexibility index (Phi) is 3.78. The minimum atomic E-state index is 0.593. The molecule has 1 fully saturated rings. The molecule has 0 unspecified atom stereocenters. The molecule has 0 aromatic carbocycles. The van der Waals surface area contributed by atoms with E-state index in [4.69, 9.17) is 0 Å². The van der Waals surface area contributed by atoms with Gasteiger partial charge in [-0.15, -0.1) is 0 Å². The number of nitrogens with zero attached hydrogens (tertiary/aromatic N) is 2. The molecular formula is C13H21N3. The molecule has 2 rings (SSSR count). The Morgan fingerprint density at radius 2 is 2.12 bits per heavy atom. The zero-order valence-electron chi connectivity index (χ0n) is 10.2. The number of nitrogens with one attached hydrogen (secondary N) is 1. The molecule has 0 radical (unpaired) electrons. The topological polar surface area (TPSA) is 28.2 Å². The van der Waals surface area contributed by atoms with E-state index >= 15 is 0 Å². The molecule has 3 heteroatoms. The van der Waals surface area contributed by atoms with E-state index < -0.39 is 0 Å². The molecule has 88 valence electrons. The number of rotatable bonds is 3. The summed E-state index contributed by atoms with van der Waals surface area (Å²) in [6.45, 7) is 6.70. The first kappa shape index (κ1) is 11.4. The summed E-state index contributed by atoms with van der Waals surface area (Å²) in [6.07, 6.45) is 6.24. The molecule has 1 aromatic heterocycles. The molecule has 3 nitrogen and oxygen atoms in total. The minimum absolute atomic E-state index is 0.593. The maximum absolute atomic E-state index is 4.17. The van der Waals surface area contributed by atoms with Crippen LogP contribution < -0.4 is 10.2 Å². The van der Waals surface area contributed by atoms with Gasteiger partial charge in [-0.25, -0.2) is 0 Å². The van der Waals surface area contributed by atoms with Gasteiger partial charge in [-0.3, -0.25) is 4.98 Å². The summed E-state index contributed by atoms with van der Waals surface area (Å²) in [6, 6.07) is 5.43. The van der Waals surface area contributed by atoms with Crippen LogP contribution >= 0.6 is 0 Å². The Morgan fingerprint density at radius 3 is 2.69 bits per heavy atom. The van der Waals surface area contributed by atoms with Crippen LogP contribution in [0.2, 0.25) is 0 Å². The number of hydrogen-bond donors (Lipinski definition) is 1. The zero-order valence-corrected chi connectivity index (χ0v) is 10.2. The molecule has 1 aromatic rings. The summed E-state index contributed by atoms with van der Waals surface area (Å²) in [5.74, 6) is 0.